The van der Waals surface area contributed by atoms with E-state index >= 15 is 0 Å². The summed E-state index contributed by atoms with van der Waals surface area (Å²) >= 11 is 0. The molecular weight excluding hydrogens is 176 g/mol. The summed E-state index contributed by atoms with van der Waals surface area (Å²) in [5, 5.41) is 11.7. The van der Waals surface area contributed by atoms with Crippen LogP contribution in [-0.2, 0) is 6.54 Å². The molecule has 0 saturated carbocycles. The minimum atomic E-state index is 0.472. The molecule has 2 heterocycles. The molecular formula is C10H18N4. The smallest absolute Gasteiger partial charge is 0.0852 e. The first-order valence-electron chi connectivity index (χ1n) is 5.39. The molecule has 4 nitrogen and oxygen atoms in total. The summed E-state index contributed by atoms with van der Waals surface area (Å²) in [6, 6.07) is 0.594. The second-order valence-corrected chi connectivity index (χ2v) is 4.31. The molecule has 0 aromatic carbocycles. The van der Waals surface area contributed by atoms with Crippen molar-refractivity contribution in [3.8, 4) is 0 Å². The van der Waals surface area contributed by atoms with Crippen LogP contribution in [0.5, 0.6) is 0 Å². The van der Waals surface area contributed by atoms with E-state index in [0.29, 0.717) is 12.0 Å². The Balaban J connectivity index is 1.95. The SMILES string of the molecule is CC(C)c1cn(CC2CCCN2)nn1. The second-order valence-electron chi connectivity index (χ2n) is 4.31. The lowest BCUT2D eigenvalue weighted by Gasteiger charge is -2.08. The normalized spacial score (nSPS) is 22.1. The Hall–Kier alpha value is -0.900. The van der Waals surface area contributed by atoms with Crippen molar-refractivity contribution in [1.82, 2.24) is 20.3 Å². The van der Waals surface area contributed by atoms with Crippen LogP contribution in [0.15, 0.2) is 6.20 Å². The Morgan fingerprint density at radius 3 is 3.07 bits per heavy atom. The van der Waals surface area contributed by atoms with Gasteiger partial charge < -0.3 is 5.32 Å². The van der Waals surface area contributed by atoms with E-state index in [2.05, 4.69) is 35.7 Å². The third-order valence-corrected chi connectivity index (χ3v) is 2.72. The number of nitrogens with one attached hydrogen (secondary N) is 1. The van der Waals surface area contributed by atoms with Crippen LogP contribution in [0.3, 0.4) is 0 Å². The molecule has 1 aromatic rings. The van der Waals surface area contributed by atoms with Crippen molar-refractivity contribution in [1.29, 1.82) is 0 Å². The second kappa shape index (κ2) is 4.09. The van der Waals surface area contributed by atoms with Gasteiger partial charge in [0.2, 0.25) is 0 Å². The van der Waals surface area contributed by atoms with Crippen LogP contribution in [0.2, 0.25) is 0 Å². The van der Waals surface area contributed by atoms with E-state index in [1.54, 1.807) is 0 Å². The maximum absolute atomic E-state index is 4.14. The molecule has 0 spiro atoms. The molecule has 0 amide bonds. The maximum Gasteiger partial charge on any atom is 0.0852 e. The highest BCUT2D eigenvalue weighted by Gasteiger charge is 2.15. The average Bonchev–Trinajstić information content (AvgIpc) is 2.75. The van der Waals surface area contributed by atoms with Gasteiger partial charge in [-0.2, -0.15) is 0 Å². The zero-order valence-corrected chi connectivity index (χ0v) is 8.90. The van der Waals surface area contributed by atoms with Crippen molar-refractivity contribution in [2.45, 2.75) is 45.2 Å². The van der Waals surface area contributed by atoms with Crippen molar-refractivity contribution in [3.05, 3.63) is 11.9 Å². The van der Waals surface area contributed by atoms with E-state index in [0.717, 1.165) is 18.8 Å². The molecule has 1 aliphatic rings. The van der Waals surface area contributed by atoms with Crippen molar-refractivity contribution in [2.24, 2.45) is 0 Å². The molecule has 78 valence electrons. The predicted octanol–water partition coefficient (Wildman–Crippen LogP) is 1.15. The fourth-order valence-electron chi connectivity index (χ4n) is 1.81. The number of hydrogen-bond acceptors (Lipinski definition) is 3. The molecule has 1 unspecified atom stereocenters. The summed E-state index contributed by atoms with van der Waals surface area (Å²) < 4.78 is 1.96. The van der Waals surface area contributed by atoms with E-state index in [1.807, 2.05) is 4.68 Å². The van der Waals surface area contributed by atoms with Gasteiger partial charge in [-0.05, 0) is 25.3 Å². The first kappa shape index (κ1) is 9.65. The van der Waals surface area contributed by atoms with Gasteiger partial charge in [0.25, 0.3) is 0 Å². The zero-order chi connectivity index (χ0) is 9.97. The maximum atomic E-state index is 4.14. The Kier molecular flexibility index (Phi) is 2.82. The molecule has 4 heteroatoms. The highest BCUT2D eigenvalue weighted by atomic mass is 15.4. The summed E-state index contributed by atoms with van der Waals surface area (Å²) in [5.41, 5.74) is 1.09. The van der Waals surface area contributed by atoms with Crippen molar-refractivity contribution in [3.63, 3.8) is 0 Å². The summed E-state index contributed by atoms with van der Waals surface area (Å²) in [5.74, 6) is 0.472. The Bertz CT molecular complexity index is 286. The molecule has 2 rings (SSSR count). The van der Waals surface area contributed by atoms with Gasteiger partial charge in [0.1, 0.15) is 0 Å². The van der Waals surface area contributed by atoms with Crippen molar-refractivity contribution in [2.75, 3.05) is 6.54 Å². The molecule has 14 heavy (non-hydrogen) atoms. The molecule has 1 aliphatic heterocycles. The number of rotatable bonds is 3. The lowest BCUT2D eigenvalue weighted by Crippen LogP contribution is -2.26. The van der Waals surface area contributed by atoms with Gasteiger partial charge in [0.05, 0.1) is 12.2 Å². The minimum absolute atomic E-state index is 0.472. The van der Waals surface area contributed by atoms with Crippen LogP contribution in [0, 0.1) is 0 Å². The topological polar surface area (TPSA) is 42.7 Å². The Morgan fingerprint density at radius 1 is 1.64 bits per heavy atom. The van der Waals surface area contributed by atoms with Gasteiger partial charge in [-0.25, -0.2) is 0 Å². The van der Waals surface area contributed by atoms with Crippen LogP contribution in [0.1, 0.15) is 38.3 Å². The van der Waals surface area contributed by atoms with Crippen LogP contribution in [-0.4, -0.2) is 27.6 Å². The van der Waals surface area contributed by atoms with E-state index in [-0.39, 0.29) is 0 Å². The van der Waals surface area contributed by atoms with Crippen LogP contribution in [0.4, 0.5) is 0 Å². The fraction of sp³-hybridized carbons (Fsp3) is 0.800. The van der Waals surface area contributed by atoms with Gasteiger partial charge in [-0.15, -0.1) is 5.10 Å². The zero-order valence-electron chi connectivity index (χ0n) is 8.90. The van der Waals surface area contributed by atoms with E-state index < -0.39 is 0 Å². The molecule has 1 saturated heterocycles. The van der Waals surface area contributed by atoms with E-state index in [4.69, 9.17) is 0 Å². The number of nitrogens with zero attached hydrogens (tertiary/aromatic N) is 3. The van der Waals surface area contributed by atoms with Gasteiger partial charge in [0, 0.05) is 12.2 Å². The van der Waals surface area contributed by atoms with Crippen molar-refractivity contribution >= 4 is 0 Å². The number of aromatic nitrogens is 3. The summed E-state index contributed by atoms with van der Waals surface area (Å²) in [7, 11) is 0. The number of hydrogen-bond donors (Lipinski definition) is 1. The highest BCUT2D eigenvalue weighted by Crippen LogP contribution is 2.11. The standard InChI is InChI=1S/C10H18N4/c1-8(2)10-7-14(13-12-10)6-9-4-3-5-11-9/h7-9,11H,3-6H2,1-2H3. The first-order chi connectivity index (χ1) is 6.75. The van der Waals surface area contributed by atoms with Gasteiger partial charge in [-0.1, -0.05) is 19.1 Å². The molecule has 0 aliphatic carbocycles. The molecule has 1 N–H and O–H groups in total. The highest BCUT2D eigenvalue weighted by molar-refractivity contribution is 4.98. The van der Waals surface area contributed by atoms with Crippen molar-refractivity contribution < 1.29 is 0 Å². The summed E-state index contributed by atoms with van der Waals surface area (Å²) in [6.07, 6.45) is 4.61. The minimum Gasteiger partial charge on any atom is -0.312 e. The molecule has 1 atom stereocenters. The molecule has 0 radical (unpaired) electrons. The van der Waals surface area contributed by atoms with Gasteiger partial charge >= 0.3 is 0 Å². The van der Waals surface area contributed by atoms with Crippen LogP contribution >= 0.6 is 0 Å². The summed E-state index contributed by atoms with van der Waals surface area (Å²) in [4.78, 5) is 0. The third-order valence-electron chi connectivity index (χ3n) is 2.72. The van der Waals surface area contributed by atoms with E-state index in [1.165, 1.54) is 12.8 Å². The third kappa shape index (κ3) is 2.12. The van der Waals surface area contributed by atoms with Gasteiger partial charge in [-0.3, -0.25) is 4.68 Å². The van der Waals surface area contributed by atoms with Crippen LogP contribution in [0.25, 0.3) is 0 Å². The molecule has 0 bridgehead atoms. The summed E-state index contributed by atoms with van der Waals surface area (Å²) in [6.45, 7) is 6.39. The first-order valence-corrected chi connectivity index (χ1v) is 5.39. The van der Waals surface area contributed by atoms with E-state index in [9.17, 15) is 0 Å². The largest absolute Gasteiger partial charge is 0.312 e. The average molecular weight is 194 g/mol. The van der Waals surface area contributed by atoms with Gasteiger partial charge in [0.15, 0.2) is 0 Å². The monoisotopic (exact) mass is 194 g/mol. The quantitative estimate of drug-likeness (QED) is 0.785. The lowest BCUT2D eigenvalue weighted by atomic mass is 10.1. The lowest BCUT2D eigenvalue weighted by molar-refractivity contribution is 0.466. The molecule has 1 aromatic heterocycles. The Labute approximate surface area is 84.7 Å². The Morgan fingerprint density at radius 2 is 2.50 bits per heavy atom. The molecule has 1 fully saturated rings. The fourth-order valence-corrected chi connectivity index (χ4v) is 1.81. The van der Waals surface area contributed by atoms with Crippen LogP contribution < -0.4 is 5.32 Å². The predicted molar refractivity (Wildman–Crippen MR) is 55.1 cm³/mol.